The molecule has 11 aromatic heterocycles. The van der Waals surface area contributed by atoms with Crippen LogP contribution in [0.5, 0.6) is 0 Å². The summed E-state index contributed by atoms with van der Waals surface area (Å²) in [6, 6.07) is 179. The molecule has 0 aliphatic heterocycles. The van der Waals surface area contributed by atoms with E-state index in [0.29, 0.717) is 0 Å². The zero-order valence-electron chi connectivity index (χ0n) is 80.6. The van der Waals surface area contributed by atoms with E-state index in [1.54, 1.807) is 0 Å². The van der Waals surface area contributed by atoms with Crippen molar-refractivity contribution in [1.29, 1.82) is 0 Å². The third-order valence-corrected chi connectivity index (χ3v) is 32.9. The standard InChI is InChI=1S/C50H31N5.C44H26N4Se.C42H26N4/c1-3-15-32(16-4-1)49-50(52-40-23-11-10-22-39(40)51-49)55-43-26-14-9-21-37(43)48-46(55)30-29-45-47(48)36-20-8-13-25-42(36)54(45)34-27-28-44-38(31-34)35-19-7-12-24-41(35)53(44)33-17-5-2-6-18-33;1-2-13-27(14-3-1)42-44(46-33-20-8-7-19-32(33)45-42)48-35-22-10-5-17-31(35)41-37(48)26-25-36-40(41)30-16-4-9-21-34(30)47(36)38-23-12-18-29-28-15-6-11-24-39(28)49-43(29)38;1-2-14-28(15-3-1)41-42(44-33-21-9-8-20-32(33)43-41)46-36-23-11-7-19-31(36)40-38(46)26-25-37-39(40)30-18-6-10-22-35(30)45(37)34-24-12-16-27-13-4-5-17-29(27)34/h1-31H;1-26H;1-26H. The van der Waals surface area contributed by atoms with Gasteiger partial charge in [-0.05, 0) is 127 Å². The molecule has 698 valence electrons. The number of fused-ring (bicyclic) bond motifs is 31. The number of rotatable bonds is 10. The molecule has 0 unspecified atom stereocenters. The number of nitrogens with zero attached hydrogens (tertiary/aromatic N) is 13. The van der Waals surface area contributed by atoms with Gasteiger partial charge in [-0.15, -0.1) is 0 Å². The van der Waals surface area contributed by atoms with Crippen molar-refractivity contribution < 1.29 is 0 Å². The topological polar surface area (TPSA) is 112 Å². The normalized spacial score (nSPS) is 12.0. The molecule has 0 fully saturated rings. The van der Waals surface area contributed by atoms with E-state index in [0.717, 1.165) is 134 Å². The van der Waals surface area contributed by atoms with Gasteiger partial charge in [0, 0.05) is 81.8 Å². The van der Waals surface area contributed by atoms with Crippen molar-refractivity contribution in [1.82, 2.24) is 61.9 Å². The summed E-state index contributed by atoms with van der Waals surface area (Å²) in [7, 11) is 0. The Morgan fingerprint density at radius 3 is 0.840 bits per heavy atom. The molecule has 0 aliphatic rings. The van der Waals surface area contributed by atoms with Gasteiger partial charge in [0.1, 0.15) is 11.4 Å². The third-order valence-electron chi connectivity index (χ3n) is 30.4. The summed E-state index contributed by atoms with van der Waals surface area (Å²) in [4.78, 5) is 31.7. The number of hydrogen-bond acceptors (Lipinski definition) is 6. The van der Waals surface area contributed by atoms with Crippen LogP contribution in [0.25, 0.3) is 290 Å². The Bertz CT molecular complexity index is 11400. The molecule has 0 saturated heterocycles. The molecule has 14 heteroatoms. The van der Waals surface area contributed by atoms with Gasteiger partial charge in [-0.1, -0.05) is 261 Å². The zero-order valence-corrected chi connectivity index (χ0v) is 82.4. The third kappa shape index (κ3) is 13.0. The van der Waals surface area contributed by atoms with E-state index in [4.69, 9.17) is 29.9 Å². The van der Waals surface area contributed by atoms with E-state index < -0.39 is 0 Å². The van der Waals surface area contributed by atoms with Crippen LogP contribution in [0, 0.1) is 0 Å². The second-order valence-electron chi connectivity index (χ2n) is 38.6. The molecule has 0 saturated carbocycles. The van der Waals surface area contributed by atoms with Gasteiger partial charge in [-0.2, -0.15) is 0 Å². The number of benzene rings is 22. The van der Waals surface area contributed by atoms with Crippen LogP contribution in [0.1, 0.15) is 0 Å². The first-order valence-corrected chi connectivity index (χ1v) is 52.5. The van der Waals surface area contributed by atoms with Crippen LogP contribution < -0.4 is 0 Å². The van der Waals surface area contributed by atoms with Crippen molar-refractivity contribution in [2.24, 2.45) is 0 Å². The quantitative estimate of drug-likeness (QED) is 0.126. The maximum atomic E-state index is 5.36. The predicted molar refractivity (Wildman–Crippen MR) is 625 cm³/mol. The van der Waals surface area contributed by atoms with Crippen molar-refractivity contribution in [3.05, 3.63) is 504 Å². The van der Waals surface area contributed by atoms with Crippen LogP contribution in [-0.4, -0.2) is 76.4 Å². The maximum absolute atomic E-state index is 5.36. The molecule has 0 aliphatic carbocycles. The van der Waals surface area contributed by atoms with Crippen molar-refractivity contribution in [3.8, 4) is 74.0 Å². The number of aromatic nitrogens is 13. The first kappa shape index (κ1) is 84.7. The molecule has 0 amide bonds. The van der Waals surface area contributed by atoms with Crippen LogP contribution in [-0.2, 0) is 0 Å². The molecule has 0 spiro atoms. The minimum atomic E-state index is 0.225. The van der Waals surface area contributed by atoms with Crippen molar-refractivity contribution in [2.75, 3.05) is 0 Å². The Hall–Kier alpha value is -19.8. The zero-order chi connectivity index (χ0) is 98.3. The Kier molecular flexibility index (Phi) is 19.2. The van der Waals surface area contributed by atoms with Crippen LogP contribution >= 0.6 is 0 Å². The average Bonchev–Trinajstić information content (AvgIpc) is 1.54. The first-order valence-electron chi connectivity index (χ1n) is 50.8. The molecule has 33 aromatic rings. The van der Waals surface area contributed by atoms with E-state index >= 15 is 0 Å². The second-order valence-corrected chi connectivity index (χ2v) is 40.8. The Labute approximate surface area is 863 Å². The molecule has 0 N–H and O–H groups in total. The number of hydrogen-bond donors (Lipinski definition) is 0. The molecule has 0 bridgehead atoms. The van der Waals surface area contributed by atoms with Gasteiger partial charge in [0.05, 0.1) is 82.9 Å². The van der Waals surface area contributed by atoms with Gasteiger partial charge in [0.2, 0.25) is 0 Å². The Morgan fingerprint density at radius 2 is 0.420 bits per heavy atom. The fraction of sp³-hybridized carbons (Fsp3) is 0. The van der Waals surface area contributed by atoms with Crippen LogP contribution in [0.15, 0.2) is 504 Å². The van der Waals surface area contributed by atoms with Gasteiger partial charge in [-0.3, -0.25) is 9.13 Å². The molecule has 13 nitrogen and oxygen atoms in total. The minimum absolute atomic E-state index is 0.225. The van der Waals surface area contributed by atoms with Gasteiger partial charge in [0.15, 0.2) is 11.6 Å². The summed E-state index contributed by atoms with van der Waals surface area (Å²) in [5.74, 6) is 2.48. The summed E-state index contributed by atoms with van der Waals surface area (Å²) < 4.78 is 19.6. The van der Waals surface area contributed by atoms with Gasteiger partial charge < -0.3 is 13.7 Å². The van der Waals surface area contributed by atoms with Crippen molar-refractivity contribution >= 4 is 230 Å². The fourth-order valence-electron chi connectivity index (χ4n) is 24.1. The molecule has 0 radical (unpaired) electrons. The second kappa shape index (κ2) is 33.9. The van der Waals surface area contributed by atoms with Crippen molar-refractivity contribution in [3.63, 3.8) is 0 Å². The van der Waals surface area contributed by atoms with Crippen molar-refractivity contribution in [2.45, 2.75) is 0 Å². The van der Waals surface area contributed by atoms with Crippen LogP contribution in [0.3, 0.4) is 0 Å². The van der Waals surface area contributed by atoms with Crippen LogP contribution in [0.2, 0.25) is 0 Å². The molecular formula is C136H83N13Se. The number of para-hydroxylation sites is 14. The van der Waals surface area contributed by atoms with E-state index in [2.05, 4.69) is 451 Å². The average molecular weight is 1980 g/mol. The van der Waals surface area contributed by atoms with E-state index in [-0.39, 0.29) is 14.5 Å². The predicted octanol–water partition coefficient (Wildman–Crippen LogP) is 34.1. The SMILES string of the molecule is c1ccc(-c2nc3ccccc3nc2-n2c3ccccc3c3c4c5ccccc5n(-c5ccc6c(c5)c5ccccc5n6-c5ccccc5)c4ccc32)cc1.c1ccc(-c2nc3ccccc3nc2-n2c3ccccc3c3c4c5ccccc5n(-c5cccc6c5[se]c5ccccc56)c4ccc32)cc1.c1ccc(-c2nc3ccccc3nc2-n2c3ccccc3c3c4c5ccccc5n(-c5cccc6ccccc56)c4ccc32)cc1. The summed E-state index contributed by atoms with van der Waals surface area (Å²) in [6.07, 6.45) is 0. The first-order chi connectivity index (χ1) is 74.5. The fourth-order valence-corrected chi connectivity index (χ4v) is 26.6. The molecular weight excluding hydrogens is 1890 g/mol. The van der Waals surface area contributed by atoms with E-state index in [1.165, 1.54) is 155 Å². The minimum Gasteiger partial charge on any atom is -0.309 e. The summed E-state index contributed by atoms with van der Waals surface area (Å²) >= 11 is 0.225. The summed E-state index contributed by atoms with van der Waals surface area (Å²) in [5, 5.41) is 22.3. The summed E-state index contributed by atoms with van der Waals surface area (Å²) in [5.41, 5.74) is 31.8. The monoisotopic (exact) mass is 1980 g/mol. The summed E-state index contributed by atoms with van der Waals surface area (Å²) in [6.45, 7) is 0. The smallest absolute Gasteiger partial charge is 0.309 e. The van der Waals surface area contributed by atoms with E-state index in [9.17, 15) is 0 Å². The molecule has 22 aromatic carbocycles. The molecule has 0 atom stereocenters. The Morgan fingerprint density at radius 1 is 0.153 bits per heavy atom. The van der Waals surface area contributed by atoms with Gasteiger partial charge in [-0.25, -0.2) is 19.9 Å². The van der Waals surface area contributed by atoms with Crippen LogP contribution in [0.4, 0.5) is 0 Å². The molecule has 150 heavy (non-hydrogen) atoms. The molecule has 11 heterocycles. The van der Waals surface area contributed by atoms with Gasteiger partial charge in [0.25, 0.3) is 0 Å². The molecule has 33 rings (SSSR count). The van der Waals surface area contributed by atoms with Gasteiger partial charge >= 0.3 is 252 Å². The Balaban J connectivity index is 0.000000102. The van der Waals surface area contributed by atoms with E-state index in [1.807, 2.05) is 84.9 Å².